The van der Waals surface area contributed by atoms with Gasteiger partial charge in [0.2, 0.25) is 0 Å². The highest BCUT2D eigenvalue weighted by Gasteiger charge is 2.41. The number of hydrogen-bond donors (Lipinski definition) is 1. The molecule has 1 N–H and O–H groups in total. The second-order valence-electron chi connectivity index (χ2n) is 18.2. The second-order valence-corrected chi connectivity index (χ2v) is 22.8. The Bertz CT molecular complexity index is 918. The summed E-state index contributed by atoms with van der Waals surface area (Å²) in [6, 6.07) is 1.54. The largest absolute Gasteiger partial charge is 0.418 e. The van der Waals surface area contributed by atoms with Crippen molar-refractivity contribution in [1.29, 1.82) is 0 Å². The fourth-order valence-corrected chi connectivity index (χ4v) is 10.3. The molecule has 4 nitrogen and oxygen atoms in total. The Morgan fingerprint density at radius 3 is 1.53 bits per heavy atom. The van der Waals surface area contributed by atoms with Gasteiger partial charge in [0.15, 0.2) is 8.32 Å². The van der Waals surface area contributed by atoms with Gasteiger partial charge in [-0.2, -0.15) is 0 Å². The van der Waals surface area contributed by atoms with Crippen molar-refractivity contribution in [2.45, 2.75) is 178 Å². The van der Waals surface area contributed by atoms with E-state index in [-0.39, 0.29) is 0 Å². The molecule has 0 aromatic rings. The van der Waals surface area contributed by atoms with Crippen molar-refractivity contribution in [3.63, 3.8) is 0 Å². The molecule has 0 bridgehead atoms. The van der Waals surface area contributed by atoms with Crippen LogP contribution in [0.3, 0.4) is 0 Å². The molecule has 3 rings (SSSR count). The highest BCUT2D eigenvalue weighted by molar-refractivity contribution is 6.69. The molecule has 8 atom stereocenters. The monoisotopic (exact) mass is 644 g/mol. The average molecular weight is 644 g/mol. The van der Waals surface area contributed by atoms with Crippen molar-refractivity contribution in [1.82, 2.24) is 5.32 Å². The van der Waals surface area contributed by atoms with Gasteiger partial charge in [-0.3, -0.25) is 9.98 Å². The molecule has 0 aromatic carbocycles. The van der Waals surface area contributed by atoms with E-state index in [1.807, 2.05) is 0 Å². The number of rotatable bonds is 13. The average Bonchev–Trinajstić information content (AvgIpc) is 2.93. The molecule has 2 aliphatic carbocycles. The minimum atomic E-state index is -1.53. The van der Waals surface area contributed by atoms with Gasteiger partial charge < -0.3 is 9.74 Å². The molecule has 262 valence electrons. The number of hydrogen-bond acceptors (Lipinski definition) is 4. The summed E-state index contributed by atoms with van der Waals surface area (Å²) in [6.07, 6.45) is 11.4. The number of nitrogens with one attached hydrogen (secondary N) is 1. The summed E-state index contributed by atoms with van der Waals surface area (Å²) >= 11 is 0. The summed E-state index contributed by atoms with van der Waals surface area (Å²) in [5.41, 5.74) is 2.79. The lowest BCUT2D eigenvalue weighted by atomic mass is 9.68. The summed E-state index contributed by atoms with van der Waals surface area (Å²) < 4.78 is 6.37. The molecule has 0 amide bonds. The van der Waals surface area contributed by atoms with E-state index < -0.39 is 8.32 Å². The van der Waals surface area contributed by atoms with Crippen molar-refractivity contribution in [2.24, 2.45) is 69.2 Å². The summed E-state index contributed by atoms with van der Waals surface area (Å²) in [7, 11) is -1.53. The van der Waals surface area contributed by atoms with Crippen LogP contribution in [0, 0.1) is 59.2 Å². The van der Waals surface area contributed by atoms with E-state index in [1.165, 1.54) is 56.4 Å². The smallest absolute Gasteiger partial charge is 0.183 e. The van der Waals surface area contributed by atoms with Crippen molar-refractivity contribution >= 4 is 19.7 Å². The van der Waals surface area contributed by atoms with Crippen LogP contribution in [0.5, 0.6) is 0 Å². The van der Waals surface area contributed by atoms with Crippen LogP contribution < -0.4 is 5.32 Å². The zero-order chi connectivity index (χ0) is 33.6. The summed E-state index contributed by atoms with van der Waals surface area (Å²) in [4.78, 5) is 11.6. The maximum absolute atomic E-state index is 6.37. The summed E-state index contributed by atoms with van der Waals surface area (Å²) in [5, 5.41) is 4.27. The molecule has 0 aromatic heterocycles. The first-order chi connectivity index (χ1) is 21.0. The second kappa shape index (κ2) is 17.2. The Morgan fingerprint density at radius 2 is 1.11 bits per heavy atom. The van der Waals surface area contributed by atoms with Gasteiger partial charge in [-0.05, 0) is 131 Å². The Labute approximate surface area is 282 Å². The lowest BCUT2D eigenvalue weighted by molar-refractivity contribution is 0.141. The molecule has 8 unspecified atom stereocenters. The molecule has 5 heteroatoms. The third-order valence-corrected chi connectivity index (χ3v) is 13.2. The molecule has 1 saturated heterocycles. The normalized spacial score (nSPS) is 36.0. The quantitative estimate of drug-likeness (QED) is 0.123. The fraction of sp³-hybridized carbons (Fsp3) is 0.950. The molecular formula is C40H77N3OSi. The lowest BCUT2D eigenvalue weighted by Gasteiger charge is -2.44. The van der Waals surface area contributed by atoms with Gasteiger partial charge in [-0.15, -0.1) is 0 Å². The van der Waals surface area contributed by atoms with Crippen LogP contribution in [-0.4, -0.2) is 50.5 Å². The van der Waals surface area contributed by atoms with Crippen molar-refractivity contribution in [3.8, 4) is 0 Å². The number of piperidine rings is 1. The highest BCUT2D eigenvalue weighted by Crippen LogP contribution is 2.42. The molecule has 3 aliphatic rings. The first-order valence-corrected chi connectivity index (χ1v) is 22.9. The minimum absolute atomic E-state index is 0.318. The standard InChI is InChI=1S/C40H77N3OSi/c1-25(2)32-18-15-19-33(26(3)4)39(32)41-31(11)37-29(9)24-30(10)38(43-37)36(22-17-23-44-45(12,13)14)42-40-34(27(5)6)20-16-21-35(40)28(7)8/h25-30,32-35,37-40,43H,15-24H2,1-14H3. The minimum Gasteiger partial charge on any atom is -0.418 e. The molecule has 0 radical (unpaired) electrons. The SMILES string of the molecule is CC(=NC1C(C(C)C)CCCC1C(C)C)C1NC(C(CCCO[Si](C)(C)C)=NC2C(C(C)C)CCCC2C(C)C)C(C)CC1C. The van der Waals surface area contributed by atoms with Crippen LogP contribution in [0.2, 0.25) is 19.6 Å². The first-order valence-electron chi connectivity index (χ1n) is 19.5. The van der Waals surface area contributed by atoms with E-state index in [1.54, 1.807) is 0 Å². The van der Waals surface area contributed by atoms with Gasteiger partial charge >= 0.3 is 0 Å². The van der Waals surface area contributed by atoms with Crippen molar-refractivity contribution in [3.05, 3.63) is 0 Å². The molecular weight excluding hydrogens is 567 g/mol. The van der Waals surface area contributed by atoms with Gasteiger partial charge in [-0.25, -0.2) is 0 Å². The lowest BCUT2D eigenvalue weighted by Crippen LogP contribution is -2.57. The Kier molecular flexibility index (Phi) is 14.9. The Hall–Kier alpha value is -0.523. The van der Waals surface area contributed by atoms with Crippen LogP contribution in [0.4, 0.5) is 0 Å². The maximum atomic E-state index is 6.37. The van der Waals surface area contributed by atoms with Gasteiger partial charge in [-0.1, -0.05) is 82.1 Å². The van der Waals surface area contributed by atoms with Crippen LogP contribution in [-0.2, 0) is 4.43 Å². The van der Waals surface area contributed by atoms with E-state index >= 15 is 0 Å². The highest BCUT2D eigenvalue weighted by atomic mass is 28.4. The van der Waals surface area contributed by atoms with Crippen molar-refractivity contribution in [2.75, 3.05) is 6.61 Å². The summed E-state index contributed by atoms with van der Waals surface area (Å²) in [5.74, 6) is 6.64. The molecule has 1 aliphatic heterocycles. The van der Waals surface area contributed by atoms with Gasteiger partial charge in [0.1, 0.15) is 0 Å². The van der Waals surface area contributed by atoms with Crippen LogP contribution >= 0.6 is 0 Å². The van der Waals surface area contributed by atoms with Gasteiger partial charge in [0.05, 0.1) is 12.1 Å². The molecule has 3 fully saturated rings. The third kappa shape index (κ3) is 10.7. The Balaban J connectivity index is 1.97. The topological polar surface area (TPSA) is 46.0 Å². The van der Waals surface area contributed by atoms with E-state index in [2.05, 4.69) is 101 Å². The zero-order valence-electron chi connectivity index (χ0n) is 32.5. The first kappa shape index (κ1) is 38.9. The number of nitrogens with zero attached hydrogens (tertiary/aromatic N) is 2. The van der Waals surface area contributed by atoms with Crippen LogP contribution in [0.25, 0.3) is 0 Å². The third-order valence-electron chi connectivity index (χ3n) is 12.2. The van der Waals surface area contributed by atoms with E-state index in [0.29, 0.717) is 83.3 Å². The van der Waals surface area contributed by atoms with Crippen molar-refractivity contribution < 1.29 is 4.43 Å². The van der Waals surface area contributed by atoms with E-state index in [0.717, 1.165) is 19.4 Å². The summed E-state index contributed by atoms with van der Waals surface area (Å²) in [6.45, 7) is 34.6. The van der Waals surface area contributed by atoms with E-state index in [4.69, 9.17) is 14.4 Å². The van der Waals surface area contributed by atoms with Gasteiger partial charge in [0.25, 0.3) is 0 Å². The predicted octanol–water partition coefficient (Wildman–Crippen LogP) is 10.7. The molecule has 45 heavy (non-hydrogen) atoms. The maximum Gasteiger partial charge on any atom is 0.183 e. The van der Waals surface area contributed by atoms with Gasteiger partial charge in [0, 0.05) is 30.1 Å². The number of aliphatic imine (C=N–C) groups is 2. The predicted molar refractivity (Wildman–Crippen MR) is 201 cm³/mol. The van der Waals surface area contributed by atoms with Crippen LogP contribution in [0.1, 0.15) is 134 Å². The molecule has 2 saturated carbocycles. The van der Waals surface area contributed by atoms with E-state index in [9.17, 15) is 0 Å². The zero-order valence-corrected chi connectivity index (χ0v) is 33.5. The molecule has 0 spiro atoms. The Morgan fingerprint density at radius 1 is 0.689 bits per heavy atom. The molecule has 1 heterocycles. The van der Waals surface area contributed by atoms with Crippen LogP contribution in [0.15, 0.2) is 9.98 Å². The fourth-order valence-electron chi connectivity index (χ4n) is 9.57.